The van der Waals surface area contributed by atoms with Crippen LogP contribution in [0.3, 0.4) is 0 Å². The van der Waals surface area contributed by atoms with Gasteiger partial charge in [-0.2, -0.15) is 0 Å². The Bertz CT molecular complexity index is 547. The molecule has 2 saturated carbocycles. The maximum Gasteiger partial charge on any atom is 0.224 e. The predicted octanol–water partition coefficient (Wildman–Crippen LogP) is 4.05. The maximum absolute atomic E-state index is 12.3. The molecule has 3 nitrogen and oxygen atoms in total. The summed E-state index contributed by atoms with van der Waals surface area (Å²) < 4.78 is 0. The Morgan fingerprint density at radius 2 is 1.87 bits per heavy atom. The van der Waals surface area contributed by atoms with Gasteiger partial charge in [0.1, 0.15) is 0 Å². The topological polar surface area (TPSA) is 32.3 Å². The van der Waals surface area contributed by atoms with E-state index in [1.54, 1.807) is 0 Å². The number of benzene rings is 1. The van der Waals surface area contributed by atoms with Crippen LogP contribution >= 0.6 is 0 Å². The lowest BCUT2D eigenvalue weighted by Gasteiger charge is -2.21. The van der Waals surface area contributed by atoms with Crippen LogP contribution in [-0.4, -0.2) is 23.9 Å². The molecule has 3 unspecified atom stereocenters. The van der Waals surface area contributed by atoms with Gasteiger partial charge in [0.05, 0.1) is 0 Å². The first-order chi connectivity index (χ1) is 11.3. The fourth-order valence-corrected chi connectivity index (χ4v) is 4.97. The van der Waals surface area contributed by atoms with Gasteiger partial charge in [-0.25, -0.2) is 0 Å². The standard InChI is InChI=1S/C20H28N2O/c23-20(13-18-12-16-3-6-17(18)11-16)21-19-7-4-15(5-8-19)14-22-9-1-2-10-22/h4-5,7-8,16-18H,1-3,6,9-14H2,(H,21,23). The number of amides is 1. The summed E-state index contributed by atoms with van der Waals surface area (Å²) in [4.78, 5) is 14.8. The number of rotatable bonds is 5. The molecule has 1 aromatic rings. The Morgan fingerprint density at radius 1 is 1.09 bits per heavy atom. The molecule has 1 N–H and O–H groups in total. The summed E-state index contributed by atoms with van der Waals surface area (Å²) in [6.07, 6.45) is 8.80. The molecule has 23 heavy (non-hydrogen) atoms. The molecule has 3 fully saturated rings. The maximum atomic E-state index is 12.3. The van der Waals surface area contributed by atoms with E-state index in [1.165, 1.54) is 57.2 Å². The van der Waals surface area contributed by atoms with E-state index in [-0.39, 0.29) is 5.91 Å². The van der Waals surface area contributed by atoms with Crippen LogP contribution in [0.1, 0.15) is 50.5 Å². The molecule has 0 aromatic heterocycles. The second-order valence-electron chi connectivity index (χ2n) is 7.87. The van der Waals surface area contributed by atoms with Crippen LogP contribution in [-0.2, 0) is 11.3 Å². The highest BCUT2D eigenvalue weighted by Gasteiger charge is 2.40. The molecule has 1 aliphatic heterocycles. The third-order valence-electron chi connectivity index (χ3n) is 6.17. The Kier molecular flexibility index (Phi) is 4.39. The summed E-state index contributed by atoms with van der Waals surface area (Å²) in [5.74, 6) is 2.59. The zero-order chi connectivity index (χ0) is 15.6. The Hall–Kier alpha value is -1.35. The van der Waals surface area contributed by atoms with Gasteiger partial charge < -0.3 is 5.32 Å². The van der Waals surface area contributed by atoms with E-state index in [0.717, 1.165) is 30.5 Å². The van der Waals surface area contributed by atoms with E-state index >= 15 is 0 Å². The fraction of sp³-hybridized carbons (Fsp3) is 0.650. The van der Waals surface area contributed by atoms with E-state index in [9.17, 15) is 4.79 Å². The third kappa shape index (κ3) is 3.60. The zero-order valence-corrected chi connectivity index (χ0v) is 14.0. The Labute approximate surface area is 139 Å². The predicted molar refractivity (Wildman–Crippen MR) is 93.1 cm³/mol. The molecule has 1 heterocycles. The molecule has 1 saturated heterocycles. The highest BCUT2D eigenvalue weighted by atomic mass is 16.1. The number of carbonyl (C=O) groups excluding carboxylic acids is 1. The zero-order valence-electron chi connectivity index (χ0n) is 14.0. The average molecular weight is 312 g/mol. The van der Waals surface area contributed by atoms with Gasteiger partial charge in [-0.1, -0.05) is 18.6 Å². The van der Waals surface area contributed by atoms with E-state index in [4.69, 9.17) is 0 Å². The molecule has 4 rings (SSSR count). The van der Waals surface area contributed by atoms with Crippen molar-refractivity contribution in [2.45, 2.75) is 51.5 Å². The van der Waals surface area contributed by atoms with Crippen LogP contribution in [0.5, 0.6) is 0 Å². The van der Waals surface area contributed by atoms with Crippen LogP contribution in [0.4, 0.5) is 5.69 Å². The molecule has 3 heteroatoms. The molecule has 3 aliphatic rings. The average Bonchev–Trinajstić information content (AvgIpc) is 3.27. The molecule has 2 bridgehead atoms. The van der Waals surface area contributed by atoms with Crippen LogP contribution in [0.2, 0.25) is 0 Å². The summed E-state index contributed by atoms with van der Waals surface area (Å²) in [6, 6.07) is 8.44. The van der Waals surface area contributed by atoms with Crippen molar-refractivity contribution in [1.29, 1.82) is 0 Å². The Balaban J connectivity index is 1.27. The summed E-state index contributed by atoms with van der Waals surface area (Å²) >= 11 is 0. The molecule has 124 valence electrons. The third-order valence-corrected chi connectivity index (χ3v) is 6.17. The first kappa shape index (κ1) is 15.2. The number of nitrogens with zero attached hydrogens (tertiary/aromatic N) is 1. The fourth-order valence-electron chi connectivity index (χ4n) is 4.97. The first-order valence-electron chi connectivity index (χ1n) is 9.37. The van der Waals surface area contributed by atoms with Gasteiger partial charge >= 0.3 is 0 Å². The summed E-state index contributed by atoms with van der Waals surface area (Å²) in [6.45, 7) is 3.49. The lowest BCUT2D eigenvalue weighted by atomic mass is 9.86. The summed E-state index contributed by atoms with van der Waals surface area (Å²) in [5.41, 5.74) is 2.29. The van der Waals surface area contributed by atoms with E-state index in [2.05, 4.69) is 34.5 Å². The molecule has 2 aliphatic carbocycles. The molecule has 3 atom stereocenters. The van der Waals surface area contributed by atoms with E-state index in [1.807, 2.05) is 0 Å². The van der Waals surface area contributed by atoms with Crippen LogP contribution < -0.4 is 5.32 Å². The van der Waals surface area contributed by atoms with Gasteiger partial charge in [-0.3, -0.25) is 9.69 Å². The molecule has 1 amide bonds. The van der Waals surface area contributed by atoms with Crippen molar-refractivity contribution in [2.75, 3.05) is 18.4 Å². The number of hydrogen-bond donors (Lipinski definition) is 1. The molecule has 0 radical (unpaired) electrons. The van der Waals surface area contributed by atoms with Gasteiger partial charge in [0.15, 0.2) is 0 Å². The van der Waals surface area contributed by atoms with Gasteiger partial charge in [0, 0.05) is 18.7 Å². The quantitative estimate of drug-likeness (QED) is 0.889. The van der Waals surface area contributed by atoms with Crippen molar-refractivity contribution in [3.8, 4) is 0 Å². The van der Waals surface area contributed by atoms with Crippen molar-refractivity contribution in [2.24, 2.45) is 17.8 Å². The number of anilines is 1. The second kappa shape index (κ2) is 6.64. The minimum atomic E-state index is 0.204. The summed E-state index contributed by atoms with van der Waals surface area (Å²) in [7, 11) is 0. The summed E-state index contributed by atoms with van der Waals surface area (Å²) in [5, 5.41) is 3.10. The van der Waals surface area contributed by atoms with Crippen molar-refractivity contribution >= 4 is 11.6 Å². The minimum Gasteiger partial charge on any atom is -0.326 e. The molecule has 0 spiro atoms. The van der Waals surface area contributed by atoms with Crippen molar-refractivity contribution in [3.63, 3.8) is 0 Å². The SMILES string of the molecule is O=C(CC1CC2CCC1C2)Nc1ccc(CN2CCCC2)cc1. The van der Waals surface area contributed by atoms with Gasteiger partial charge in [0.2, 0.25) is 5.91 Å². The van der Waals surface area contributed by atoms with Crippen molar-refractivity contribution in [3.05, 3.63) is 29.8 Å². The Morgan fingerprint density at radius 3 is 2.52 bits per heavy atom. The molecular formula is C20H28N2O. The number of nitrogens with one attached hydrogen (secondary N) is 1. The van der Waals surface area contributed by atoms with Crippen molar-refractivity contribution in [1.82, 2.24) is 4.90 Å². The number of likely N-dealkylation sites (tertiary alicyclic amines) is 1. The highest BCUT2D eigenvalue weighted by molar-refractivity contribution is 5.90. The molecular weight excluding hydrogens is 284 g/mol. The minimum absolute atomic E-state index is 0.204. The van der Waals surface area contributed by atoms with Gasteiger partial charge in [-0.05, 0) is 80.6 Å². The first-order valence-corrected chi connectivity index (χ1v) is 9.37. The smallest absolute Gasteiger partial charge is 0.224 e. The lowest BCUT2D eigenvalue weighted by Crippen LogP contribution is -2.20. The van der Waals surface area contributed by atoms with E-state index in [0.29, 0.717) is 5.92 Å². The number of fused-ring (bicyclic) bond motifs is 2. The van der Waals surface area contributed by atoms with E-state index < -0.39 is 0 Å². The lowest BCUT2D eigenvalue weighted by molar-refractivity contribution is -0.117. The van der Waals surface area contributed by atoms with Gasteiger partial charge in [0.25, 0.3) is 0 Å². The molecule has 1 aromatic carbocycles. The number of hydrogen-bond acceptors (Lipinski definition) is 2. The normalized spacial score (nSPS) is 30.0. The van der Waals surface area contributed by atoms with Crippen LogP contribution in [0.15, 0.2) is 24.3 Å². The largest absolute Gasteiger partial charge is 0.326 e. The number of carbonyl (C=O) groups is 1. The van der Waals surface area contributed by atoms with Gasteiger partial charge in [-0.15, -0.1) is 0 Å². The second-order valence-corrected chi connectivity index (χ2v) is 7.87. The monoisotopic (exact) mass is 312 g/mol. The van der Waals surface area contributed by atoms with Crippen LogP contribution in [0, 0.1) is 17.8 Å². The van der Waals surface area contributed by atoms with Crippen LogP contribution in [0.25, 0.3) is 0 Å². The van der Waals surface area contributed by atoms with Crippen molar-refractivity contribution < 1.29 is 4.79 Å². The highest BCUT2D eigenvalue weighted by Crippen LogP contribution is 2.49.